The molecule has 0 saturated heterocycles. The third-order valence-electron chi connectivity index (χ3n) is 3.16. The van der Waals surface area contributed by atoms with E-state index in [1.54, 1.807) is 6.33 Å². The van der Waals surface area contributed by atoms with Gasteiger partial charge in [0.15, 0.2) is 0 Å². The van der Waals surface area contributed by atoms with Gasteiger partial charge < -0.3 is 9.88 Å². The van der Waals surface area contributed by atoms with E-state index < -0.39 is 0 Å². The van der Waals surface area contributed by atoms with Gasteiger partial charge in [-0.15, -0.1) is 0 Å². The Morgan fingerprint density at radius 1 is 1.16 bits per heavy atom. The average molecular weight is 252 g/mol. The Morgan fingerprint density at radius 3 is 2.74 bits per heavy atom. The molecule has 0 bridgehead atoms. The van der Waals surface area contributed by atoms with Crippen LogP contribution in [0, 0.1) is 6.92 Å². The maximum atomic E-state index is 4.41. The fourth-order valence-electron chi connectivity index (χ4n) is 2.29. The third-order valence-corrected chi connectivity index (χ3v) is 3.16. The number of hydrogen-bond donors (Lipinski definition) is 1. The van der Waals surface area contributed by atoms with Gasteiger partial charge in [-0.1, -0.05) is 30.3 Å². The van der Waals surface area contributed by atoms with Gasteiger partial charge in [-0.3, -0.25) is 0 Å². The first-order valence-corrected chi connectivity index (χ1v) is 6.29. The summed E-state index contributed by atoms with van der Waals surface area (Å²) in [7, 11) is 2.05. The molecule has 0 unspecified atom stereocenters. The molecule has 0 aliphatic heterocycles. The molecule has 3 aromatic rings. The SMILES string of the molecule is Cc1cc2c(N(C)Cc3ccccc3)ncnc2[nH]1. The molecule has 1 N–H and O–H groups in total. The lowest BCUT2D eigenvalue weighted by Gasteiger charge is -2.18. The summed E-state index contributed by atoms with van der Waals surface area (Å²) in [5, 5.41) is 1.07. The smallest absolute Gasteiger partial charge is 0.143 e. The first-order valence-electron chi connectivity index (χ1n) is 6.29. The van der Waals surface area contributed by atoms with Crippen LogP contribution in [0.2, 0.25) is 0 Å². The first-order chi connectivity index (χ1) is 9.24. The number of benzene rings is 1. The Balaban J connectivity index is 1.95. The van der Waals surface area contributed by atoms with Crippen molar-refractivity contribution in [1.29, 1.82) is 0 Å². The van der Waals surface area contributed by atoms with Gasteiger partial charge in [0, 0.05) is 19.3 Å². The second-order valence-corrected chi connectivity index (χ2v) is 4.75. The summed E-state index contributed by atoms with van der Waals surface area (Å²) in [5.74, 6) is 0.957. The van der Waals surface area contributed by atoms with Crippen molar-refractivity contribution in [2.75, 3.05) is 11.9 Å². The number of aromatic amines is 1. The average Bonchev–Trinajstić information content (AvgIpc) is 2.79. The lowest BCUT2D eigenvalue weighted by Crippen LogP contribution is -2.17. The number of aryl methyl sites for hydroxylation is 1. The minimum atomic E-state index is 0.831. The van der Waals surface area contributed by atoms with Crippen LogP contribution in [-0.2, 0) is 6.54 Å². The molecule has 4 nitrogen and oxygen atoms in total. The highest BCUT2D eigenvalue weighted by Crippen LogP contribution is 2.23. The molecule has 1 aromatic carbocycles. The van der Waals surface area contributed by atoms with Crippen LogP contribution in [0.5, 0.6) is 0 Å². The van der Waals surface area contributed by atoms with E-state index in [0.29, 0.717) is 0 Å². The highest BCUT2D eigenvalue weighted by Gasteiger charge is 2.10. The van der Waals surface area contributed by atoms with E-state index in [4.69, 9.17) is 0 Å². The van der Waals surface area contributed by atoms with Crippen LogP contribution in [0.3, 0.4) is 0 Å². The van der Waals surface area contributed by atoms with Crippen LogP contribution in [0.1, 0.15) is 11.3 Å². The van der Waals surface area contributed by atoms with Crippen molar-refractivity contribution < 1.29 is 0 Å². The van der Waals surface area contributed by atoms with E-state index in [0.717, 1.165) is 29.1 Å². The number of nitrogens with zero attached hydrogens (tertiary/aromatic N) is 3. The Bertz CT molecular complexity index is 688. The Morgan fingerprint density at radius 2 is 1.95 bits per heavy atom. The van der Waals surface area contributed by atoms with E-state index in [-0.39, 0.29) is 0 Å². The summed E-state index contributed by atoms with van der Waals surface area (Å²) in [4.78, 5) is 14.1. The fourth-order valence-corrected chi connectivity index (χ4v) is 2.29. The number of fused-ring (bicyclic) bond motifs is 1. The highest BCUT2D eigenvalue weighted by atomic mass is 15.2. The number of hydrogen-bond acceptors (Lipinski definition) is 3. The summed E-state index contributed by atoms with van der Waals surface area (Å²) in [6, 6.07) is 12.5. The molecule has 0 aliphatic carbocycles. The van der Waals surface area contributed by atoms with Crippen LogP contribution < -0.4 is 4.90 Å². The van der Waals surface area contributed by atoms with Crippen LogP contribution in [0.4, 0.5) is 5.82 Å². The summed E-state index contributed by atoms with van der Waals surface area (Å²) >= 11 is 0. The Kier molecular flexibility index (Phi) is 2.91. The van der Waals surface area contributed by atoms with Crippen LogP contribution >= 0.6 is 0 Å². The first kappa shape index (κ1) is 11.7. The molecule has 4 heteroatoms. The molecule has 19 heavy (non-hydrogen) atoms. The molecule has 96 valence electrons. The lowest BCUT2D eigenvalue weighted by atomic mass is 10.2. The number of nitrogens with one attached hydrogen (secondary N) is 1. The fraction of sp³-hybridized carbons (Fsp3) is 0.200. The molecule has 0 spiro atoms. The quantitative estimate of drug-likeness (QED) is 0.779. The monoisotopic (exact) mass is 252 g/mol. The normalized spacial score (nSPS) is 10.8. The Hall–Kier alpha value is -2.36. The van der Waals surface area contributed by atoms with Gasteiger partial charge >= 0.3 is 0 Å². The zero-order valence-electron chi connectivity index (χ0n) is 11.1. The molecule has 2 aromatic heterocycles. The Labute approximate surface area is 112 Å². The summed E-state index contributed by atoms with van der Waals surface area (Å²) in [6.07, 6.45) is 1.61. The number of anilines is 1. The topological polar surface area (TPSA) is 44.8 Å². The van der Waals surface area contributed by atoms with Crippen molar-refractivity contribution in [3.8, 4) is 0 Å². The molecule has 0 atom stereocenters. The van der Waals surface area contributed by atoms with Crippen molar-refractivity contribution in [3.63, 3.8) is 0 Å². The third kappa shape index (κ3) is 2.29. The molecular formula is C15H16N4. The molecule has 0 fully saturated rings. The zero-order chi connectivity index (χ0) is 13.2. The van der Waals surface area contributed by atoms with Crippen molar-refractivity contribution in [2.45, 2.75) is 13.5 Å². The van der Waals surface area contributed by atoms with Crippen molar-refractivity contribution in [3.05, 3.63) is 54.0 Å². The highest BCUT2D eigenvalue weighted by molar-refractivity contribution is 5.87. The molecule has 2 heterocycles. The number of aromatic nitrogens is 3. The van der Waals surface area contributed by atoms with E-state index >= 15 is 0 Å². The van der Waals surface area contributed by atoms with Gasteiger partial charge in [0.25, 0.3) is 0 Å². The van der Waals surface area contributed by atoms with Gasteiger partial charge in [0.1, 0.15) is 17.8 Å². The molecule has 0 amide bonds. The van der Waals surface area contributed by atoms with E-state index in [9.17, 15) is 0 Å². The van der Waals surface area contributed by atoms with E-state index in [2.05, 4.69) is 57.2 Å². The predicted molar refractivity (Wildman–Crippen MR) is 77.2 cm³/mol. The maximum Gasteiger partial charge on any atom is 0.143 e. The van der Waals surface area contributed by atoms with Crippen molar-refractivity contribution in [2.24, 2.45) is 0 Å². The van der Waals surface area contributed by atoms with Crippen molar-refractivity contribution in [1.82, 2.24) is 15.0 Å². The number of H-pyrrole nitrogens is 1. The van der Waals surface area contributed by atoms with Crippen LogP contribution in [0.25, 0.3) is 11.0 Å². The summed E-state index contributed by atoms with van der Waals surface area (Å²) < 4.78 is 0. The predicted octanol–water partition coefficient (Wildman–Crippen LogP) is 2.90. The largest absolute Gasteiger partial charge is 0.355 e. The molecule has 3 rings (SSSR count). The molecular weight excluding hydrogens is 236 g/mol. The lowest BCUT2D eigenvalue weighted by molar-refractivity contribution is 0.900. The zero-order valence-corrected chi connectivity index (χ0v) is 11.1. The minimum Gasteiger partial charge on any atom is -0.355 e. The van der Waals surface area contributed by atoms with Crippen LogP contribution in [0.15, 0.2) is 42.7 Å². The van der Waals surface area contributed by atoms with Gasteiger partial charge in [-0.2, -0.15) is 0 Å². The van der Waals surface area contributed by atoms with Gasteiger partial charge in [0.05, 0.1) is 5.39 Å². The van der Waals surface area contributed by atoms with E-state index in [1.165, 1.54) is 5.56 Å². The van der Waals surface area contributed by atoms with Gasteiger partial charge in [-0.05, 0) is 18.6 Å². The van der Waals surface area contributed by atoms with E-state index in [1.807, 2.05) is 13.0 Å². The van der Waals surface area contributed by atoms with Gasteiger partial charge in [0.2, 0.25) is 0 Å². The standard InChI is InChI=1S/C15H16N4/c1-11-8-13-14(18-11)16-10-17-15(13)19(2)9-12-6-4-3-5-7-12/h3-8,10H,9H2,1-2H3,(H,16,17,18). The summed E-state index contributed by atoms with van der Waals surface area (Å²) in [6.45, 7) is 2.86. The molecule has 0 saturated carbocycles. The maximum absolute atomic E-state index is 4.41. The summed E-state index contributed by atoms with van der Waals surface area (Å²) in [5.41, 5.74) is 3.26. The second kappa shape index (κ2) is 4.72. The van der Waals surface area contributed by atoms with Gasteiger partial charge in [-0.25, -0.2) is 9.97 Å². The molecule has 0 radical (unpaired) electrons. The van der Waals surface area contributed by atoms with Crippen molar-refractivity contribution >= 4 is 16.9 Å². The molecule has 0 aliphatic rings. The van der Waals surface area contributed by atoms with Crippen LogP contribution in [-0.4, -0.2) is 22.0 Å². The second-order valence-electron chi connectivity index (χ2n) is 4.75. The number of rotatable bonds is 3. The minimum absolute atomic E-state index is 0.831.